The Bertz CT molecular complexity index is 659. The molecule has 0 saturated carbocycles. The Morgan fingerprint density at radius 2 is 1.83 bits per heavy atom. The number of benzene rings is 2. The molecule has 0 radical (unpaired) electrons. The second-order valence-corrected chi connectivity index (χ2v) is 6.42. The van der Waals surface area contributed by atoms with Gasteiger partial charge in [-0.2, -0.15) is 0 Å². The van der Waals surface area contributed by atoms with Crippen LogP contribution in [-0.2, 0) is 11.3 Å². The maximum Gasteiger partial charge on any atom is 0.242 e. The summed E-state index contributed by atoms with van der Waals surface area (Å²) in [5, 5.41) is 4.15. The Morgan fingerprint density at radius 1 is 1.13 bits per heavy atom. The fourth-order valence-corrected chi connectivity index (χ4v) is 2.72. The van der Waals surface area contributed by atoms with Gasteiger partial charge in [-0.15, -0.1) is 0 Å². The summed E-state index contributed by atoms with van der Waals surface area (Å²) in [5.41, 5.74) is 1.81. The van der Waals surface area contributed by atoms with Crippen LogP contribution in [-0.4, -0.2) is 23.4 Å². The SMILES string of the molecule is CC(C)N(Cc1ccccc1)C(=O)CNc1ccc(Cl)cc1Cl. The number of nitrogens with zero attached hydrogens (tertiary/aromatic N) is 1. The van der Waals surface area contributed by atoms with E-state index in [9.17, 15) is 4.79 Å². The minimum atomic E-state index is 0.0230. The first-order valence-corrected chi connectivity index (χ1v) is 8.25. The molecule has 0 bridgehead atoms. The monoisotopic (exact) mass is 350 g/mol. The average molecular weight is 351 g/mol. The first kappa shape index (κ1) is 17.6. The van der Waals surface area contributed by atoms with E-state index in [4.69, 9.17) is 23.2 Å². The van der Waals surface area contributed by atoms with Crippen LogP contribution < -0.4 is 5.32 Å². The summed E-state index contributed by atoms with van der Waals surface area (Å²) in [5.74, 6) is 0.0230. The van der Waals surface area contributed by atoms with Gasteiger partial charge in [0.15, 0.2) is 0 Å². The van der Waals surface area contributed by atoms with Crippen LogP contribution in [0.1, 0.15) is 19.4 Å². The molecule has 0 aliphatic carbocycles. The van der Waals surface area contributed by atoms with E-state index in [2.05, 4.69) is 5.32 Å². The van der Waals surface area contributed by atoms with E-state index in [1.807, 2.05) is 49.1 Å². The third-order valence-corrected chi connectivity index (χ3v) is 4.05. The van der Waals surface area contributed by atoms with Crippen LogP contribution in [0.25, 0.3) is 0 Å². The van der Waals surface area contributed by atoms with E-state index < -0.39 is 0 Å². The highest BCUT2D eigenvalue weighted by Gasteiger charge is 2.17. The summed E-state index contributed by atoms with van der Waals surface area (Å²) in [7, 11) is 0. The molecule has 122 valence electrons. The van der Waals surface area contributed by atoms with Gasteiger partial charge in [0.2, 0.25) is 5.91 Å². The first-order chi connectivity index (χ1) is 11.0. The predicted octanol–water partition coefficient (Wildman–Crippen LogP) is 4.84. The summed E-state index contributed by atoms with van der Waals surface area (Å²) < 4.78 is 0. The smallest absolute Gasteiger partial charge is 0.242 e. The number of anilines is 1. The van der Waals surface area contributed by atoms with E-state index >= 15 is 0 Å². The summed E-state index contributed by atoms with van der Waals surface area (Å²) in [6.07, 6.45) is 0. The lowest BCUT2D eigenvalue weighted by molar-refractivity contribution is -0.131. The Kier molecular flexibility index (Phi) is 6.31. The van der Waals surface area contributed by atoms with Crippen molar-refractivity contribution in [2.24, 2.45) is 0 Å². The van der Waals surface area contributed by atoms with Gasteiger partial charge < -0.3 is 10.2 Å². The van der Waals surface area contributed by atoms with Gasteiger partial charge in [0, 0.05) is 17.6 Å². The zero-order valence-corrected chi connectivity index (χ0v) is 14.7. The number of halogens is 2. The summed E-state index contributed by atoms with van der Waals surface area (Å²) >= 11 is 12.0. The normalized spacial score (nSPS) is 10.7. The lowest BCUT2D eigenvalue weighted by Crippen LogP contribution is -2.39. The number of amides is 1. The van der Waals surface area contributed by atoms with Gasteiger partial charge in [-0.25, -0.2) is 0 Å². The maximum absolute atomic E-state index is 12.5. The number of rotatable bonds is 6. The van der Waals surface area contributed by atoms with Gasteiger partial charge in [-0.05, 0) is 37.6 Å². The largest absolute Gasteiger partial charge is 0.375 e. The fourth-order valence-electron chi connectivity index (χ4n) is 2.24. The third-order valence-electron chi connectivity index (χ3n) is 3.50. The van der Waals surface area contributed by atoms with Gasteiger partial charge in [-0.1, -0.05) is 53.5 Å². The van der Waals surface area contributed by atoms with E-state index in [0.717, 1.165) is 5.56 Å². The van der Waals surface area contributed by atoms with Gasteiger partial charge >= 0.3 is 0 Å². The summed E-state index contributed by atoms with van der Waals surface area (Å²) in [4.78, 5) is 14.4. The molecule has 0 aliphatic rings. The molecule has 0 unspecified atom stereocenters. The average Bonchev–Trinajstić information content (AvgIpc) is 2.52. The molecule has 3 nitrogen and oxygen atoms in total. The lowest BCUT2D eigenvalue weighted by atomic mass is 10.2. The van der Waals surface area contributed by atoms with Crippen LogP contribution in [0.15, 0.2) is 48.5 Å². The van der Waals surface area contributed by atoms with Crippen LogP contribution >= 0.6 is 23.2 Å². The lowest BCUT2D eigenvalue weighted by Gasteiger charge is -2.27. The molecule has 2 aromatic carbocycles. The molecule has 0 aliphatic heterocycles. The van der Waals surface area contributed by atoms with Crippen LogP contribution in [0.5, 0.6) is 0 Å². The molecule has 1 N–H and O–H groups in total. The molecular formula is C18H20Cl2N2O. The van der Waals surface area contributed by atoms with Crippen molar-refractivity contribution in [2.45, 2.75) is 26.4 Å². The van der Waals surface area contributed by atoms with Gasteiger partial charge in [0.05, 0.1) is 17.3 Å². The van der Waals surface area contributed by atoms with Crippen molar-refractivity contribution in [3.8, 4) is 0 Å². The highest BCUT2D eigenvalue weighted by Crippen LogP contribution is 2.25. The van der Waals surface area contributed by atoms with E-state index in [-0.39, 0.29) is 18.5 Å². The van der Waals surface area contributed by atoms with Crippen LogP contribution in [0.2, 0.25) is 10.0 Å². The van der Waals surface area contributed by atoms with Crippen molar-refractivity contribution in [3.05, 3.63) is 64.1 Å². The van der Waals surface area contributed by atoms with Crippen LogP contribution in [0.3, 0.4) is 0 Å². The minimum absolute atomic E-state index is 0.0230. The zero-order valence-electron chi connectivity index (χ0n) is 13.2. The topological polar surface area (TPSA) is 32.3 Å². The number of carbonyl (C=O) groups is 1. The molecule has 0 aromatic heterocycles. The number of hydrogen-bond donors (Lipinski definition) is 1. The van der Waals surface area contributed by atoms with Crippen molar-refractivity contribution in [1.82, 2.24) is 4.90 Å². The Balaban J connectivity index is 2.01. The van der Waals surface area contributed by atoms with Gasteiger partial charge in [0.1, 0.15) is 0 Å². The van der Waals surface area contributed by atoms with Crippen molar-refractivity contribution in [3.63, 3.8) is 0 Å². The number of hydrogen-bond acceptors (Lipinski definition) is 2. The summed E-state index contributed by atoms with van der Waals surface area (Å²) in [6, 6.07) is 15.2. The van der Waals surface area contributed by atoms with Crippen LogP contribution in [0, 0.1) is 0 Å². The Hall–Kier alpha value is -1.71. The molecule has 23 heavy (non-hydrogen) atoms. The predicted molar refractivity (Wildman–Crippen MR) is 97.1 cm³/mol. The van der Waals surface area contributed by atoms with E-state index in [1.165, 1.54) is 0 Å². The second kappa shape index (κ2) is 8.23. The molecule has 0 spiro atoms. The molecule has 2 aromatic rings. The van der Waals surface area contributed by atoms with E-state index in [0.29, 0.717) is 22.3 Å². The molecule has 0 saturated heterocycles. The second-order valence-electron chi connectivity index (χ2n) is 5.58. The maximum atomic E-state index is 12.5. The highest BCUT2D eigenvalue weighted by molar-refractivity contribution is 6.36. The van der Waals surface area contributed by atoms with Crippen molar-refractivity contribution < 1.29 is 4.79 Å². The Morgan fingerprint density at radius 3 is 2.43 bits per heavy atom. The minimum Gasteiger partial charge on any atom is -0.375 e. The molecular weight excluding hydrogens is 331 g/mol. The molecule has 5 heteroatoms. The summed E-state index contributed by atoms with van der Waals surface area (Å²) in [6.45, 7) is 4.80. The van der Waals surface area contributed by atoms with Gasteiger partial charge in [0.25, 0.3) is 0 Å². The molecule has 1 amide bonds. The molecule has 0 atom stereocenters. The van der Waals surface area contributed by atoms with Gasteiger partial charge in [-0.3, -0.25) is 4.79 Å². The molecule has 2 rings (SSSR count). The zero-order chi connectivity index (χ0) is 16.8. The van der Waals surface area contributed by atoms with Crippen molar-refractivity contribution >= 4 is 34.8 Å². The molecule has 0 fully saturated rings. The number of nitrogens with one attached hydrogen (secondary N) is 1. The van der Waals surface area contributed by atoms with Crippen molar-refractivity contribution in [2.75, 3.05) is 11.9 Å². The van der Waals surface area contributed by atoms with E-state index in [1.54, 1.807) is 18.2 Å². The van der Waals surface area contributed by atoms with Crippen LogP contribution in [0.4, 0.5) is 5.69 Å². The standard InChI is InChI=1S/C18H20Cl2N2O/c1-13(2)22(12-14-6-4-3-5-7-14)18(23)11-21-17-9-8-15(19)10-16(17)20/h3-10,13,21H,11-12H2,1-2H3. The first-order valence-electron chi connectivity index (χ1n) is 7.49. The molecule has 0 heterocycles. The highest BCUT2D eigenvalue weighted by atomic mass is 35.5. The number of carbonyl (C=O) groups excluding carboxylic acids is 1. The Labute approximate surface area is 147 Å². The van der Waals surface area contributed by atoms with Crippen molar-refractivity contribution in [1.29, 1.82) is 0 Å². The fraction of sp³-hybridized carbons (Fsp3) is 0.278. The quantitative estimate of drug-likeness (QED) is 0.807. The third kappa shape index (κ3) is 5.15.